The minimum Gasteiger partial charge on any atom is -0.493 e. The Kier molecular flexibility index (Phi) is 7.09. The molecule has 3 aromatic rings. The molecule has 6 heteroatoms. The predicted octanol–water partition coefficient (Wildman–Crippen LogP) is 7.45. The Bertz CT molecular complexity index is 1340. The van der Waals surface area contributed by atoms with Crippen LogP contribution in [0.1, 0.15) is 61.1 Å². The summed E-state index contributed by atoms with van der Waals surface area (Å²) in [6, 6.07) is 12.0. The number of hydrogen-bond acceptors (Lipinski definition) is 4. The van der Waals surface area contributed by atoms with Crippen molar-refractivity contribution in [1.29, 1.82) is 0 Å². The van der Waals surface area contributed by atoms with Crippen molar-refractivity contribution < 1.29 is 19.4 Å². The fraction of sp³-hybridized carbons (Fsp3) is 0.367. The first-order chi connectivity index (χ1) is 16.9. The minimum absolute atomic E-state index is 0.524. The number of benzene rings is 3. The Balaban J connectivity index is 2.07. The zero-order valence-electron chi connectivity index (χ0n) is 21.8. The summed E-state index contributed by atoms with van der Waals surface area (Å²) in [6.45, 7) is 12.1. The molecule has 3 N–H and O–H groups in total. The van der Waals surface area contributed by atoms with Gasteiger partial charge in [-0.05, 0) is 112 Å². The molecule has 0 spiro atoms. The summed E-state index contributed by atoms with van der Waals surface area (Å²) >= 11 is 6.49. The molecule has 0 aromatic heterocycles. The van der Waals surface area contributed by atoms with E-state index in [0.29, 0.717) is 28.4 Å². The van der Waals surface area contributed by atoms with Crippen LogP contribution in [0.25, 0.3) is 22.3 Å². The van der Waals surface area contributed by atoms with E-state index < -0.39 is 17.7 Å². The van der Waals surface area contributed by atoms with Crippen molar-refractivity contribution in [3.63, 3.8) is 0 Å². The van der Waals surface area contributed by atoms with E-state index in [1.54, 1.807) is 0 Å². The second-order valence-corrected chi connectivity index (χ2v) is 10.9. The van der Waals surface area contributed by atoms with Gasteiger partial charge >= 0.3 is 5.97 Å². The average Bonchev–Trinajstić information content (AvgIpc) is 2.81. The molecule has 1 unspecified atom stereocenters. The third-order valence-corrected chi connectivity index (χ3v) is 7.12. The number of carboxylic acids is 1. The second-order valence-electron chi connectivity index (χ2n) is 10.5. The summed E-state index contributed by atoms with van der Waals surface area (Å²) in [7, 11) is 0. The van der Waals surface area contributed by atoms with Gasteiger partial charge in [-0.2, -0.15) is 0 Å². The van der Waals surface area contributed by atoms with E-state index in [2.05, 4.69) is 6.07 Å². The summed E-state index contributed by atoms with van der Waals surface area (Å²) in [5.74, 6) is -0.178. The maximum Gasteiger partial charge on any atom is 0.337 e. The number of aliphatic carboxylic acids is 1. The third kappa shape index (κ3) is 4.95. The van der Waals surface area contributed by atoms with Gasteiger partial charge in [-0.15, -0.1) is 0 Å². The molecule has 1 atom stereocenters. The molecule has 0 amide bonds. The van der Waals surface area contributed by atoms with Crippen molar-refractivity contribution in [2.24, 2.45) is 0 Å². The lowest BCUT2D eigenvalue weighted by Gasteiger charge is -2.30. The molecule has 190 valence electrons. The van der Waals surface area contributed by atoms with Gasteiger partial charge in [-0.3, -0.25) is 0 Å². The molecule has 0 aliphatic carbocycles. The van der Waals surface area contributed by atoms with Gasteiger partial charge in [-0.25, -0.2) is 4.79 Å². The fourth-order valence-electron chi connectivity index (χ4n) is 4.97. The molecule has 0 radical (unpaired) electrons. The van der Waals surface area contributed by atoms with Crippen LogP contribution in [-0.2, 0) is 16.0 Å². The number of carboxylic acid groups (broad SMARTS) is 1. The lowest BCUT2D eigenvalue weighted by Crippen LogP contribution is -2.28. The van der Waals surface area contributed by atoms with Gasteiger partial charge in [0.1, 0.15) is 5.75 Å². The highest BCUT2D eigenvalue weighted by Gasteiger charge is 2.33. The van der Waals surface area contributed by atoms with E-state index in [0.717, 1.165) is 57.5 Å². The second kappa shape index (κ2) is 9.79. The van der Waals surface area contributed by atoms with Gasteiger partial charge in [0.25, 0.3) is 0 Å². The predicted molar refractivity (Wildman–Crippen MR) is 146 cm³/mol. The Labute approximate surface area is 218 Å². The number of rotatable bonds is 5. The Morgan fingerprint density at radius 2 is 1.72 bits per heavy atom. The maximum atomic E-state index is 12.6. The quantitative estimate of drug-likeness (QED) is 0.350. The summed E-state index contributed by atoms with van der Waals surface area (Å²) < 4.78 is 12.0. The first kappa shape index (κ1) is 26.1. The Hall–Kier alpha value is -3.02. The highest BCUT2D eigenvalue weighted by Crippen LogP contribution is 2.46. The molecule has 0 saturated carbocycles. The van der Waals surface area contributed by atoms with E-state index in [1.165, 1.54) is 0 Å². The van der Waals surface area contributed by atoms with Crippen LogP contribution in [0.2, 0.25) is 5.02 Å². The van der Waals surface area contributed by atoms with Crippen LogP contribution in [0, 0.1) is 20.8 Å². The first-order valence-electron chi connectivity index (χ1n) is 12.2. The molecule has 1 aliphatic rings. The fourth-order valence-corrected chi connectivity index (χ4v) is 5.15. The smallest absolute Gasteiger partial charge is 0.337 e. The molecule has 1 heterocycles. The number of nitrogen functional groups attached to an aromatic ring is 1. The number of aryl methyl sites for hydroxylation is 2. The zero-order chi connectivity index (χ0) is 26.4. The maximum absolute atomic E-state index is 12.6. The van der Waals surface area contributed by atoms with Crippen LogP contribution in [0.3, 0.4) is 0 Å². The van der Waals surface area contributed by atoms with Crippen LogP contribution >= 0.6 is 11.6 Å². The molecular formula is C30H34ClNO4. The monoisotopic (exact) mass is 507 g/mol. The number of carbonyl (C=O) groups is 1. The van der Waals surface area contributed by atoms with Crippen molar-refractivity contribution >= 4 is 23.3 Å². The van der Waals surface area contributed by atoms with Crippen LogP contribution < -0.4 is 10.5 Å². The SMILES string of the molecule is Cc1ccc(-c2c(C)c(-c3ccc4c(c3)CCCO4)c(C(OC(C)(C)C)C(=O)O)c(C)c2N)cc1Cl. The summed E-state index contributed by atoms with van der Waals surface area (Å²) in [4.78, 5) is 12.6. The number of ether oxygens (including phenoxy) is 2. The lowest BCUT2D eigenvalue weighted by molar-refractivity contribution is -0.160. The minimum atomic E-state index is -1.19. The molecule has 0 saturated heterocycles. The van der Waals surface area contributed by atoms with Crippen LogP contribution in [0.15, 0.2) is 36.4 Å². The number of fused-ring (bicyclic) bond motifs is 1. The molecule has 5 nitrogen and oxygen atoms in total. The van der Waals surface area contributed by atoms with E-state index >= 15 is 0 Å². The van der Waals surface area contributed by atoms with Gasteiger partial charge in [0.15, 0.2) is 6.10 Å². The van der Waals surface area contributed by atoms with Gasteiger partial charge in [0, 0.05) is 21.8 Å². The largest absolute Gasteiger partial charge is 0.493 e. The van der Waals surface area contributed by atoms with Crippen LogP contribution in [0.5, 0.6) is 5.75 Å². The number of hydrogen-bond donors (Lipinski definition) is 2. The molecular weight excluding hydrogens is 474 g/mol. The molecule has 1 aliphatic heterocycles. The van der Waals surface area contributed by atoms with Gasteiger partial charge in [-0.1, -0.05) is 29.8 Å². The van der Waals surface area contributed by atoms with Crippen LogP contribution in [0.4, 0.5) is 5.69 Å². The van der Waals surface area contributed by atoms with Crippen molar-refractivity contribution in [3.8, 4) is 28.0 Å². The average molecular weight is 508 g/mol. The summed E-state index contributed by atoms with van der Waals surface area (Å²) in [5.41, 5.74) is 14.3. The van der Waals surface area contributed by atoms with Gasteiger partial charge in [0.05, 0.1) is 12.2 Å². The topological polar surface area (TPSA) is 81.8 Å². The van der Waals surface area contributed by atoms with Crippen molar-refractivity contribution in [2.45, 2.75) is 66.1 Å². The highest BCUT2D eigenvalue weighted by molar-refractivity contribution is 6.31. The van der Waals surface area contributed by atoms with E-state index in [4.69, 9.17) is 26.8 Å². The molecule has 0 bridgehead atoms. The van der Waals surface area contributed by atoms with E-state index in [-0.39, 0.29) is 0 Å². The molecule has 3 aromatic carbocycles. The standard InChI is InChI=1S/C30H34ClNO4/c1-16-9-10-21(15-22(16)31)25-17(2)24(20-11-12-23-19(14-20)8-7-13-35-23)26(18(3)27(25)32)28(29(33)34)36-30(4,5)6/h9-12,14-15,28H,7-8,13,32H2,1-6H3,(H,33,34). The summed E-state index contributed by atoms with van der Waals surface area (Å²) in [5, 5.41) is 11.0. The van der Waals surface area contributed by atoms with Crippen LogP contribution in [-0.4, -0.2) is 23.3 Å². The van der Waals surface area contributed by atoms with E-state index in [9.17, 15) is 9.90 Å². The Morgan fingerprint density at radius 3 is 2.36 bits per heavy atom. The van der Waals surface area contributed by atoms with E-state index in [1.807, 2.05) is 71.9 Å². The zero-order valence-corrected chi connectivity index (χ0v) is 22.5. The molecule has 4 rings (SSSR count). The van der Waals surface area contributed by atoms with Gasteiger partial charge < -0.3 is 20.3 Å². The molecule has 0 fully saturated rings. The van der Waals surface area contributed by atoms with Gasteiger partial charge in [0.2, 0.25) is 0 Å². The highest BCUT2D eigenvalue weighted by atomic mass is 35.5. The lowest BCUT2D eigenvalue weighted by atomic mass is 9.82. The number of halogens is 1. The Morgan fingerprint density at radius 1 is 1.06 bits per heavy atom. The summed E-state index contributed by atoms with van der Waals surface area (Å²) in [6.07, 6.45) is 0.664. The third-order valence-electron chi connectivity index (χ3n) is 6.71. The van der Waals surface area contributed by atoms with Crippen molar-refractivity contribution in [2.75, 3.05) is 12.3 Å². The number of anilines is 1. The normalized spacial score (nSPS) is 14.2. The van der Waals surface area contributed by atoms with Crippen molar-refractivity contribution in [1.82, 2.24) is 0 Å². The first-order valence-corrected chi connectivity index (χ1v) is 12.6. The number of nitrogens with two attached hydrogens (primary N) is 1. The molecule has 36 heavy (non-hydrogen) atoms. The van der Waals surface area contributed by atoms with Crippen molar-refractivity contribution in [3.05, 3.63) is 69.2 Å².